The van der Waals surface area contributed by atoms with E-state index in [4.69, 9.17) is 22.1 Å². The predicted octanol–water partition coefficient (Wildman–Crippen LogP) is 3.70. The zero-order chi connectivity index (χ0) is 20.0. The first-order valence-electron chi connectivity index (χ1n) is 9.45. The van der Waals surface area contributed by atoms with E-state index in [1.165, 1.54) is 0 Å². The Balaban J connectivity index is 1.74. The minimum atomic E-state index is -0.134. The molecule has 4 rings (SSSR count). The highest BCUT2D eigenvalue weighted by molar-refractivity contribution is 6.33. The maximum atomic E-state index is 12.4. The zero-order valence-corrected chi connectivity index (χ0v) is 17.0. The number of aromatic nitrogens is 2. The van der Waals surface area contributed by atoms with Gasteiger partial charge in [-0.1, -0.05) is 11.6 Å². The van der Waals surface area contributed by atoms with Gasteiger partial charge in [0.15, 0.2) is 0 Å². The number of nitrogens with two attached hydrogens (primary N) is 1. The second-order valence-electron chi connectivity index (χ2n) is 7.66. The Hall–Kier alpha value is -2.54. The van der Waals surface area contributed by atoms with Crippen molar-refractivity contribution in [2.45, 2.75) is 51.7 Å². The van der Waals surface area contributed by atoms with Crippen LogP contribution < -0.4 is 15.8 Å². The first kappa shape index (κ1) is 18.8. The number of nitrogens with one attached hydrogen (secondary N) is 1. The molecule has 1 aromatic heterocycles. The highest BCUT2D eigenvalue weighted by atomic mass is 35.5. The lowest BCUT2D eigenvalue weighted by atomic mass is 10.0. The van der Waals surface area contributed by atoms with Crippen molar-refractivity contribution in [3.63, 3.8) is 0 Å². The number of amides is 2. The van der Waals surface area contributed by atoms with E-state index in [0.717, 1.165) is 41.0 Å². The Morgan fingerprint density at radius 3 is 2.71 bits per heavy atom. The normalized spacial score (nSPS) is 15.7. The molecule has 2 heterocycles. The molecular formula is C20H24ClN5O2. The fourth-order valence-corrected chi connectivity index (χ4v) is 3.88. The molecule has 1 aliphatic carbocycles. The number of carbonyl (C=O) groups excluding carboxylic acids is 1. The van der Waals surface area contributed by atoms with E-state index in [9.17, 15) is 4.79 Å². The van der Waals surface area contributed by atoms with Crippen LogP contribution in [0.3, 0.4) is 0 Å². The van der Waals surface area contributed by atoms with Crippen LogP contribution in [0.2, 0.25) is 5.02 Å². The van der Waals surface area contributed by atoms with Crippen LogP contribution in [0.1, 0.15) is 49.4 Å². The average Bonchev–Trinajstić information content (AvgIpc) is 3.39. The van der Waals surface area contributed by atoms with Crippen LogP contribution in [-0.4, -0.2) is 34.1 Å². The summed E-state index contributed by atoms with van der Waals surface area (Å²) in [6.45, 7) is 4.66. The predicted molar refractivity (Wildman–Crippen MR) is 108 cm³/mol. The molecule has 0 unspecified atom stereocenters. The molecule has 0 saturated heterocycles. The van der Waals surface area contributed by atoms with E-state index in [1.807, 2.05) is 26.0 Å². The molecule has 1 fully saturated rings. The average molecular weight is 402 g/mol. The van der Waals surface area contributed by atoms with Gasteiger partial charge in [-0.05, 0) is 50.3 Å². The summed E-state index contributed by atoms with van der Waals surface area (Å²) in [4.78, 5) is 23.0. The van der Waals surface area contributed by atoms with Gasteiger partial charge in [-0.3, -0.25) is 0 Å². The van der Waals surface area contributed by atoms with Gasteiger partial charge >= 0.3 is 6.03 Å². The molecular weight excluding hydrogens is 378 g/mol. The number of halogens is 1. The van der Waals surface area contributed by atoms with Crippen molar-refractivity contribution in [3.8, 4) is 17.0 Å². The molecule has 148 valence electrons. The fourth-order valence-electron chi connectivity index (χ4n) is 3.62. The topological polar surface area (TPSA) is 93.4 Å². The third kappa shape index (κ3) is 3.46. The van der Waals surface area contributed by atoms with Crippen molar-refractivity contribution in [2.75, 3.05) is 12.8 Å². The van der Waals surface area contributed by atoms with Crippen LogP contribution in [0, 0.1) is 0 Å². The molecule has 0 spiro atoms. The first-order chi connectivity index (χ1) is 13.4. The van der Waals surface area contributed by atoms with Gasteiger partial charge in [-0.25, -0.2) is 14.8 Å². The Morgan fingerprint density at radius 2 is 2.07 bits per heavy atom. The lowest BCUT2D eigenvalue weighted by Crippen LogP contribution is -2.40. The molecule has 0 atom stereocenters. The largest absolute Gasteiger partial charge is 0.496 e. The number of hydrogen-bond donors (Lipinski definition) is 2. The van der Waals surface area contributed by atoms with Gasteiger partial charge in [0.1, 0.15) is 5.75 Å². The monoisotopic (exact) mass is 401 g/mol. The summed E-state index contributed by atoms with van der Waals surface area (Å²) in [6, 6.07) is 3.82. The minimum Gasteiger partial charge on any atom is -0.496 e. The highest BCUT2D eigenvalue weighted by Crippen LogP contribution is 2.47. The molecule has 1 aromatic carbocycles. The number of methoxy groups -OCH3 is 1. The van der Waals surface area contributed by atoms with Crippen LogP contribution in [0.25, 0.3) is 11.3 Å². The molecule has 3 N–H and O–H groups in total. The van der Waals surface area contributed by atoms with Gasteiger partial charge in [0, 0.05) is 17.2 Å². The van der Waals surface area contributed by atoms with Gasteiger partial charge in [-0.2, -0.15) is 0 Å². The quantitative estimate of drug-likeness (QED) is 0.814. The van der Waals surface area contributed by atoms with E-state index in [1.54, 1.807) is 12.0 Å². The summed E-state index contributed by atoms with van der Waals surface area (Å²) in [5, 5.41) is 3.52. The van der Waals surface area contributed by atoms with Gasteiger partial charge in [-0.15, -0.1) is 0 Å². The minimum absolute atomic E-state index is 0.0560. The number of hydrogen-bond acceptors (Lipinski definition) is 5. The van der Waals surface area contributed by atoms with Crippen molar-refractivity contribution in [1.29, 1.82) is 0 Å². The van der Waals surface area contributed by atoms with Gasteiger partial charge in [0.05, 0.1) is 36.6 Å². The van der Waals surface area contributed by atoms with Gasteiger partial charge in [0.25, 0.3) is 0 Å². The van der Waals surface area contributed by atoms with Crippen molar-refractivity contribution in [1.82, 2.24) is 20.2 Å². The summed E-state index contributed by atoms with van der Waals surface area (Å²) >= 11 is 6.64. The highest BCUT2D eigenvalue weighted by Gasteiger charge is 2.31. The number of nitrogens with zero attached hydrogens (tertiary/aromatic N) is 3. The smallest absolute Gasteiger partial charge is 0.318 e. The van der Waals surface area contributed by atoms with E-state index >= 15 is 0 Å². The second kappa shape index (κ2) is 7.13. The molecule has 2 amide bonds. The van der Waals surface area contributed by atoms with Crippen molar-refractivity contribution < 1.29 is 9.53 Å². The van der Waals surface area contributed by atoms with Crippen LogP contribution in [0.15, 0.2) is 12.1 Å². The zero-order valence-electron chi connectivity index (χ0n) is 16.3. The molecule has 8 heteroatoms. The number of carbonyl (C=O) groups is 1. The number of nitrogen functional groups attached to an aromatic ring is 1. The Kier molecular flexibility index (Phi) is 4.79. The number of benzene rings is 1. The molecule has 28 heavy (non-hydrogen) atoms. The number of fused-ring (bicyclic) bond motifs is 1. The van der Waals surface area contributed by atoms with Crippen LogP contribution in [0.4, 0.5) is 10.7 Å². The standard InChI is InChI=1S/C20H24ClN5O2/c1-10(2)23-20(27)26-8-14-16(9-26)24-19(22)25-18(14)13-7-17(28-3)12(6-15(13)21)11-4-5-11/h6-7,10-11H,4-5,8-9H2,1-3H3,(H,23,27)(H2,22,24,25). The van der Waals surface area contributed by atoms with Gasteiger partial charge < -0.3 is 20.7 Å². The molecule has 1 saturated carbocycles. The van der Waals surface area contributed by atoms with Crippen molar-refractivity contribution in [3.05, 3.63) is 34.0 Å². The first-order valence-corrected chi connectivity index (χ1v) is 9.83. The molecule has 7 nitrogen and oxygen atoms in total. The van der Waals surface area contributed by atoms with Crippen LogP contribution >= 0.6 is 11.6 Å². The molecule has 2 aromatic rings. The number of anilines is 1. The lowest BCUT2D eigenvalue weighted by Gasteiger charge is -2.18. The maximum Gasteiger partial charge on any atom is 0.318 e. The Bertz CT molecular complexity index is 943. The third-order valence-electron chi connectivity index (χ3n) is 5.09. The summed E-state index contributed by atoms with van der Waals surface area (Å²) in [6.07, 6.45) is 2.31. The van der Waals surface area contributed by atoms with Crippen molar-refractivity contribution in [2.24, 2.45) is 0 Å². The van der Waals surface area contributed by atoms with E-state index < -0.39 is 0 Å². The van der Waals surface area contributed by atoms with Gasteiger partial charge in [0.2, 0.25) is 5.95 Å². The van der Waals surface area contributed by atoms with E-state index in [0.29, 0.717) is 29.7 Å². The fraction of sp³-hybridized carbons (Fsp3) is 0.450. The lowest BCUT2D eigenvalue weighted by molar-refractivity contribution is 0.195. The summed E-state index contributed by atoms with van der Waals surface area (Å²) in [5.41, 5.74) is 10.1. The maximum absolute atomic E-state index is 12.4. The molecule has 0 radical (unpaired) electrons. The van der Waals surface area contributed by atoms with Crippen molar-refractivity contribution >= 4 is 23.6 Å². The summed E-state index contributed by atoms with van der Waals surface area (Å²) in [7, 11) is 1.66. The van der Waals surface area contributed by atoms with Crippen LogP contribution in [-0.2, 0) is 13.1 Å². The van der Waals surface area contributed by atoms with E-state index in [-0.39, 0.29) is 18.0 Å². The number of rotatable bonds is 4. The SMILES string of the molecule is COc1cc(-c2nc(N)nc3c2CN(C(=O)NC(C)C)C3)c(Cl)cc1C1CC1. The summed E-state index contributed by atoms with van der Waals surface area (Å²) < 4.78 is 5.61. The third-order valence-corrected chi connectivity index (χ3v) is 5.40. The molecule has 0 bridgehead atoms. The summed E-state index contributed by atoms with van der Waals surface area (Å²) in [5.74, 6) is 1.49. The molecule has 1 aliphatic heterocycles. The number of ether oxygens (including phenoxy) is 1. The Morgan fingerprint density at radius 1 is 1.32 bits per heavy atom. The van der Waals surface area contributed by atoms with Crippen LogP contribution in [0.5, 0.6) is 5.75 Å². The molecule has 2 aliphatic rings. The van der Waals surface area contributed by atoms with E-state index in [2.05, 4.69) is 15.3 Å². The Labute approximate surface area is 169 Å². The second-order valence-corrected chi connectivity index (χ2v) is 8.07. The number of urea groups is 1.